The Balaban J connectivity index is 2.28. The minimum Gasteiger partial charge on any atom is -0.453 e. The average molecular weight is 248 g/mol. The summed E-state index contributed by atoms with van der Waals surface area (Å²) in [4.78, 5) is 5.32. The van der Waals surface area contributed by atoms with E-state index in [1.807, 2.05) is 32.9 Å². The molecule has 0 saturated heterocycles. The van der Waals surface area contributed by atoms with Gasteiger partial charge in [0, 0.05) is 0 Å². The van der Waals surface area contributed by atoms with Crippen LogP contribution in [0.1, 0.15) is 26.5 Å². The lowest BCUT2D eigenvalue weighted by Crippen LogP contribution is -2.28. The highest BCUT2D eigenvalue weighted by Gasteiger charge is 2.10. The zero-order chi connectivity index (χ0) is 9.90. The Morgan fingerprint density at radius 2 is 2.15 bits per heavy atom. The standard InChI is InChI=1S/C9H14BrNO2/c1-9(2,3)13-11-6-7-4-5-8(10)12-7/h4-5,11H,6H2,1-3H3. The van der Waals surface area contributed by atoms with E-state index in [-0.39, 0.29) is 5.60 Å². The van der Waals surface area contributed by atoms with Crippen LogP contribution in [0.25, 0.3) is 0 Å². The number of hydroxylamine groups is 1. The lowest BCUT2D eigenvalue weighted by Gasteiger charge is -2.18. The molecule has 0 amide bonds. The summed E-state index contributed by atoms with van der Waals surface area (Å²) in [6.07, 6.45) is 0. The van der Waals surface area contributed by atoms with Gasteiger partial charge in [-0.25, -0.2) is 0 Å². The van der Waals surface area contributed by atoms with Gasteiger partial charge in [-0.3, -0.25) is 4.84 Å². The lowest BCUT2D eigenvalue weighted by molar-refractivity contribution is -0.0775. The van der Waals surface area contributed by atoms with E-state index in [0.29, 0.717) is 6.54 Å². The molecule has 0 radical (unpaired) electrons. The van der Waals surface area contributed by atoms with E-state index in [4.69, 9.17) is 9.25 Å². The van der Waals surface area contributed by atoms with Crippen LogP contribution in [-0.4, -0.2) is 5.60 Å². The molecule has 0 fully saturated rings. The SMILES string of the molecule is CC(C)(C)ONCc1ccc(Br)o1. The Kier molecular flexibility index (Phi) is 3.53. The van der Waals surface area contributed by atoms with Crippen LogP contribution >= 0.6 is 15.9 Å². The normalized spacial score (nSPS) is 12.0. The first-order chi connectivity index (χ1) is 5.97. The van der Waals surface area contributed by atoms with Crippen molar-refractivity contribution >= 4 is 15.9 Å². The topological polar surface area (TPSA) is 34.4 Å². The van der Waals surface area contributed by atoms with Crippen LogP contribution < -0.4 is 5.48 Å². The number of halogens is 1. The number of furan rings is 1. The van der Waals surface area contributed by atoms with Gasteiger partial charge in [0.1, 0.15) is 5.76 Å². The van der Waals surface area contributed by atoms with E-state index in [9.17, 15) is 0 Å². The Hall–Kier alpha value is -0.320. The molecule has 3 nitrogen and oxygen atoms in total. The van der Waals surface area contributed by atoms with Gasteiger partial charge in [0.2, 0.25) is 0 Å². The van der Waals surface area contributed by atoms with Crippen LogP contribution in [0.3, 0.4) is 0 Å². The predicted octanol–water partition coefficient (Wildman–Crippen LogP) is 2.86. The summed E-state index contributed by atoms with van der Waals surface area (Å²) in [5, 5.41) is 0. The first-order valence-electron chi connectivity index (χ1n) is 4.12. The summed E-state index contributed by atoms with van der Waals surface area (Å²) >= 11 is 3.23. The van der Waals surface area contributed by atoms with Gasteiger partial charge >= 0.3 is 0 Å². The minimum atomic E-state index is -0.177. The van der Waals surface area contributed by atoms with Crippen LogP contribution in [0.15, 0.2) is 21.2 Å². The van der Waals surface area contributed by atoms with E-state index in [2.05, 4.69) is 21.4 Å². The van der Waals surface area contributed by atoms with E-state index >= 15 is 0 Å². The molecule has 1 aromatic heterocycles. The molecule has 13 heavy (non-hydrogen) atoms. The second kappa shape index (κ2) is 4.26. The summed E-state index contributed by atoms with van der Waals surface area (Å²) in [6.45, 7) is 6.52. The summed E-state index contributed by atoms with van der Waals surface area (Å²) in [6, 6.07) is 3.75. The van der Waals surface area contributed by atoms with Crippen molar-refractivity contribution in [2.45, 2.75) is 32.9 Å². The van der Waals surface area contributed by atoms with Gasteiger partial charge in [-0.1, -0.05) is 0 Å². The molecule has 0 unspecified atom stereocenters. The molecule has 4 heteroatoms. The quantitative estimate of drug-likeness (QED) is 0.835. The molecule has 0 aromatic carbocycles. The lowest BCUT2D eigenvalue weighted by atomic mass is 10.2. The first kappa shape index (κ1) is 10.8. The summed E-state index contributed by atoms with van der Waals surface area (Å²) in [5.74, 6) is 0.844. The molecule has 1 N–H and O–H groups in total. The maximum atomic E-state index is 5.32. The van der Waals surface area contributed by atoms with Gasteiger partial charge in [-0.05, 0) is 48.8 Å². The Bertz CT molecular complexity index is 265. The molecular formula is C9H14BrNO2. The van der Waals surface area contributed by atoms with Crippen LogP contribution in [-0.2, 0) is 11.4 Å². The molecule has 0 saturated carbocycles. The Morgan fingerprint density at radius 3 is 2.62 bits per heavy atom. The van der Waals surface area contributed by atoms with Crippen LogP contribution in [0.2, 0.25) is 0 Å². The van der Waals surface area contributed by atoms with E-state index in [1.54, 1.807) is 0 Å². The molecule has 0 aliphatic carbocycles. The van der Waals surface area contributed by atoms with Gasteiger partial charge in [0.25, 0.3) is 0 Å². The molecule has 0 atom stereocenters. The Labute approximate surface area is 86.5 Å². The van der Waals surface area contributed by atoms with Crippen molar-refractivity contribution in [3.8, 4) is 0 Å². The molecule has 1 rings (SSSR count). The highest BCUT2D eigenvalue weighted by molar-refractivity contribution is 9.10. The molecule has 0 spiro atoms. The molecule has 0 aliphatic rings. The van der Waals surface area contributed by atoms with Crippen molar-refractivity contribution in [1.29, 1.82) is 0 Å². The minimum absolute atomic E-state index is 0.177. The second-order valence-corrected chi connectivity index (χ2v) is 4.52. The highest BCUT2D eigenvalue weighted by Crippen LogP contribution is 2.14. The summed E-state index contributed by atoms with van der Waals surface area (Å²) in [5.41, 5.74) is 2.66. The molecule has 0 bridgehead atoms. The second-order valence-electron chi connectivity index (χ2n) is 3.74. The largest absolute Gasteiger partial charge is 0.453 e. The van der Waals surface area contributed by atoms with Gasteiger partial charge in [0.15, 0.2) is 4.67 Å². The molecule has 0 aliphatic heterocycles. The van der Waals surface area contributed by atoms with E-state index in [1.165, 1.54) is 0 Å². The fraction of sp³-hybridized carbons (Fsp3) is 0.556. The smallest absolute Gasteiger partial charge is 0.169 e. The van der Waals surface area contributed by atoms with Gasteiger partial charge in [-0.2, -0.15) is 5.48 Å². The fourth-order valence-electron chi connectivity index (χ4n) is 0.770. The number of rotatable bonds is 3. The third kappa shape index (κ3) is 4.45. The van der Waals surface area contributed by atoms with Crippen molar-refractivity contribution in [1.82, 2.24) is 5.48 Å². The maximum Gasteiger partial charge on any atom is 0.169 e. The molecular weight excluding hydrogens is 234 g/mol. The average Bonchev–Trinajstić information content (AvgIpc) is 2.33. The van der Waals surface area contributed by atoms with Gasteiger partial charge in [0.05, 0.1) is 12.1 Å². The fourth-order valence-corrected chi connectivity index (χ4v) is 1.11. The van der Waals surface area contributed by atoms with Crippen LogP contribution in [0.4, 0.5) is 0 Å². The maximum absolute atomic E-state index is 5.32. The third-order valence-electron chi connectivity index (χ3n) is 1.25. The Morgan fingerprint density at radius 1 is 1.46 bits per heavy atom. The van der Waals surface area contributed by atoms with Crippen molar-refractivity contribution in [2.24, 2.45) is 0 Å². The number of nitrogens with one attached hydrogen (secondary N) is 1. The van der Waals surface area contributed by atoms with E-state index in [0.717, 1.165) is 10.4 Å². The molecule has 1 aromatic rings. The summed E-state index contributed by atoms with van der Waals surface area (Å²) < 4.78 is 6.01. The van der Waals surface area contributed by atoms with Crippen molar-refractivity contribution in [3.05, 3.63) is 22.6 Å². The van der Waals surface area contributed by atoms with Crippen molar-refractivity contribution < 1.29 is 9.25 Å². The van der Waals surface area contributed by atoms with Crippen LogP contribution in [0.5, 0.6) is 0 Å². The third-order valence-corrected chi connectivity index (χ3v) is 1.68. The van der Waals surface area contributed by atoms with Crippen LogP contribution in [0, 0.1) is 0 Å². The zero-order valence-corrected chi connectivity index (χ0v) is 9.64. The monoisotopic (exact) mass is 247 g/mol. The van der Waals surface area contributed by atoms with E-state index < -0.39 is 0 Å². The van der Waals surface area contributed by atoms with Crippen molar-refractivity contribution in [3.63, 3.8) is 0 Å². The predicted molar refractivity (Wildman–Crippen MR) is 54.1 cm³/mol. The van der Waals surface area contributed by atoms with Crippen molar-refractivity contribution in [2.75, 3.05) is 0 Å². The number of hydrogen-bond donors (Lipinski definition) is 1. The molecule has 1 heterocycles. The van der Waals surface area contributed by atoms with Gasteiger partial charge in [-0.15, -0.1) is 0 Å². The zero-order valence-electron chi connectivity index (χ0n) is 8.06. The first-order valence-corrected chi connectivity index (χ1v) is 4.92. The number of hydrogen-bond acceptors (Lipinski definition) is 3. The molecule has 74 valence electrons. The summed E-state index contributed by atoms with van der Waals surface area (Å²) in [7, 11) is 0. The highest BCUT2D eigenvalue weighted by atomic mass is 79.9. The van der Waals surface area contributed by atoms with Gasteiger partial charge < -0.3 is 4.42 Å².